The number of thiophene rings is 1. The van der Waals surface area contributed by atoms with Crippen LogP contribution in [0, 0.1) is 18.3 Å². The average Bonchev–Trinajstić information content (AvgIpc) is 2.63. The molecule has 0 saturated heterocycles. The summed E-state index contributed by atoms with van der Waals surface area (Å²) in [6.45, 7) is 5.86. The molecule has 2 rings (SSSR count). The van der Waals surface area contributed by atoms with E-state index in [1.165, 1.54) is 17.5 Å². The zero-order valence-corrected chi connectivity index (χ0v) is 9.72. The van der Waals surface area contributed by atoms with E-state index in [9.17, 15) is 5.11 Å². The first-order valence-corrected chi connectivity index (χ1v) is 5.52. The largest absolute Gasteiger partial charge is 0.499 e. The van der Waals surface area contributed by atoms with Gasteiger partial charge in [-0.2, -0.15) is 5.26 Å². The Morgan fingerprint density at radius 1 is 1.47 bits per heavy atom. The quantitative estimate of drug-likeness (QED) is 0.741. The molecule has 78 valence electrons. The zero-order chi connectivity index (χ0) is 11.4. The molecule has 0 aliphatic heterocycles. The van der Waals surface area contributed by atoms with Crippen molar-refractivity contribution in [2.45, 2.75) is 20.8 Å². The van der Waals surface area contributed by atoms with Crippen LogP contribution in [0.3, 0.4) is 0 Å². The number of rotatable bonds is 0. The molecule has 0 atom stereocenters. The summed E-state index contributed by atoms with van der Waals surface area (Å²) in [5.41, 5.74) is 2.20. The SMILES string of the molecule is CC.Cc1c(C#N)cnc2cc(O)sc12. The summed E-state index contributed by atoms with van der Waals surface area (Å²) >= 11 is 1.25. The second-order valence-corrected chi connectivity index (χ2v) is 3.74. The van der Waals surface area contributed by atoms with E-state index in [1.54, 1.807) is 6.07 Å². The molecule has 0 unspecified atom stereocenters. The van der Waals surface area contributed by atoms with Gasteiger partial charge in [-0.3, -0.25) is 4.98 Å². The maximum absolute atomic E-state index is 9.24. The van der Waals surface area contributed by atoms with E-state index in [2.05, 4.69) is 11.1 Å². The predicted molar refractivity (Wildman–Crippen MR) is 62.1 cm³/mol. The van der Waals surface area contributed by atoms with Crippen LogP contribution in [0.4, 0.5) is 0 Å². The van der Waals surface area contributed by atoms with Crippen molar-refractivity contribution in [3.8, 4) is 11.1 Å². The lowest BCUT2D eigenvalue weighted by Gasteiger charge is -1.95. The van der Waals surface area contributed by atoms with Crippen LogP contribution in [-0.4, -0.2) is 10.1 Å². The molecule has 0 bridgehead atoms. The van der Waals surface area contributed by atoms with E-state index in [1.807, 2.05) is 20.8 Å². The van der Waals surface area contributed by atoms with Gasteiger partial charge in [0, 0.05) is 12.3 Å². The Kier molecular flexibility index (Phi) is 3.64. The van der Waals surface area contributed by atoms with E-state index in [-0.39, 0.29) is 5.06 Å². The summed E-state index contributed by atoms with van der Waals surface area (Å²) < 4.78 is 0.886. The minimum atomic E-state index is 0.237. The molecule has 2 heterocycles. The van der Waals surface area contributed by atoms with Gasteiger partial charge in [-0.05, 0) is 12.5 Å². The van der Waals surface area contributed by atoms with Crippen molar-refractivity contribution in [2.75, 3.05) is 0 Å². The maximum atomic E-state index is 9.24. The summed E-state index contributed by atoms with van der Waals surface area (Å²) in [7, 11) is 0. The lowest BCUT2D eigenvalue weighted by molar-refractivity contribution is 0.491. The normalized spacial score (nSPS) is 9.20. The first-order valence-electron chi connectivity index (χ1n) is 4.70. The zero-order valence-electron chi connectivity index (χ0n) is 8.90. The van der Waals surface area contributed by atoms with Crippen molar-refractivity contribution < 1.29 is 5.11 Å². The van der Waals surface area contributed by atoms with Crippen molar-refractivity contribution in [2.24, 2.45) is 0 Å². The summed E-state index contributed by atoms with van der Waals surface area (Å²) in [6, 6.07) is 3.66. The van der Waals surface area contributed by atoms with Gasteiger partial charge in [0.05, 0.1) is 15.8 Å². The van der Waals surface area contributed by atoms with E-state index in [0.717, 1.165) is 15.8 Å². The van der Waals surface area contributed by atoms with E-state index < -0.39 is 0 Å². The van der Waals surface area contributed by atoms with Gasteiger partial charge in [0.1, 0.15) is 6.07 Å². The number of pyridine rings is 1. The first-order chi connectivity index (χ1) is 7.22. The van der Waals surface area contributed by atoms with Gasteiger partial charge in [-0.15, -0.1) is 0 Å². The molecule has 2 aromatic heterocycles. The molecule has 0 aromatic carbocycles. The Bertz CT molecular complexity index is 511. The number of nitriles is 1. The molecule has 4 heteroatoms. The Balaban J connectivity index is 0.000000531. The molecule has 0 aliphatic rings. The first kappa shape index (κ1) is 11.5. The molecule has 0 radical (unpaired) electrons. The predicted octanol–water partition coefficient (Wildman–Crippen LogP) is 3.21. The van der Waals surface area contributed by atoms with Crippen LogP contribution < -0.4 is 0 Å². The van der Waals surface area contributed by atoms with Crippen molar-refractivity contribution >= 4 is 21.6 Å². The third-order valence-electron chi connectivity index (χ3n) is 1.90. The second-order valence-electron chi connectivity index (χ2n) is 2.71. The Hall–Kier alpha value is -1.60. The summed E-state index contributed by atoms with van der Waals surface area (Å²) in [5, 5.41) is 18.2. The van der Waals surface area contributed by atoms with Crippen LogP contribution in [0.15, 0.2) is 12.3 Å². The minimum Gasteiger partial charge on any atom is -0.499 e. The molecule has 0 amide bonds. The van der Waals surface area contributed by atoms with E-state index in [4.69, 9.17) is 5.26 Å². The van der Waals surface area contributed by atoms with E-state index in [0.29, 0.717) is 5.56 Å². The number of nitrogens with zero attached hydrogens (tertiary/aromatic N) is 2. The Labute approximate surface area is 92.6 Å². The summed E-state index contributed by atoms with van der Waals surface area (Å²) in [5.74, 6) is 0. The highest BCUT2D eigenvalue weighted by molar-refractivity contribution is 7.20. The standard InChI is InChI=1S/C9H6N2OS.C2H6/c1-5-6(3-10)4-11-7-2-8(12)13-9(5)7;1-2/h2,4,12H,1H3;1-2H3. The average molecular weight is 220 g/mol. The van der Waals surface area contributed by atoms with Gasteiger partial charge in [-0.25, -0.2) is 0 Å². The highest BCUT2D eigenvalue weighted by Gasteiger charge is 2.07. The van der Waals surface area contributed by atoms with Crippen LogP contribution >= 0.6 is 11.3 Å². The maximum Gasteiger partial charge on any atom is 0.173 e. The highest BCUT2D eigenvalue weighted by Crippen LogP contribution is 2.32. The summed E-state index contributed by atoms with van der Waals surface area (Å²) in [6.07, 6.45) is 1.53. The third-order valence-corrected chi connectivity index (χ3v) is 2.94. The van der Waals surface area contributed by atoms with Crippen LogP contribution in [0.5, 0.6) is 5.06 Å². The van der Waals surface area contributed by atoms with Crippen molar-refractivity contribution in [1.29, 1.82) is 5.26 Å². The van der Waals surface area contributed by atoms with Gasteiger partial charge >= 0.3 is 0 Å². The molecular formula is C11H12N2OS. The molecule has 3 nitrogen and oxygen atoms in total. The number of hydrogen-bond donors (Lipinski definition) is 1. The lowest BCUT2D eigenvalue weighted by Crippen LogP contribution is -1.84. The topological polar surface area (TPSA) is 56.9 Å². The van der Waals surface area contributed by atoms with Gasteiger partial charge in [0.2, 0.25) is 0 Å². The molecule has 0 aliphatic carbocycles. The number of fused-ring (bicyclic) bond motifs is 1. The Morgan fingerprint density at radius 2 is 2.13 bits per heavy atom. The number of aromatic nitrogens is 1. The highest BCUT2D eigenvalue weighted by atomic mass is 32.1. The van der Waals surface area contributed by atoms with E-state index >= 15 is 0 Å². The smallest absolute Gasteiger partial charge is 0.173 e. The fourth-order valence-corrected chi connectivity index (χ4v) is 2.06. The van der Waals surface area contributed by atoms with Crippen LogP contribution in [0.1, 0.15) is 25.0 Å². The number of aryl methyl sites for hydroxylation is 1. The van der Waals surface area contributed by atoms with Crippen molar-refractivity contribution in [3.63, 3.8) is 0 Å². The summed E-state index contributed by atoms with van der Waals surface area (Å²) in [4.78, 5) is 4.06. The molecule has 0 spiro atoms. The molecular weight excluding hydrogens is 208 g/mol. The van der Waals surface area contributed by atoms with Gasteiger partial charge < -0.3 is 5.11 Å². The molecule has 0 saturated carbocycles. The molecule has 1 N–H and O–H groups in total. The number of aromatic hydroxyl groups is 1. The van der Waals surface area contributed by atoms with Crippen LogP contribution in [-0.2, 0) is 0 Å². The molecule has 2 aromatic rings. The molecule has 15 heavy (non-hydrogen) atoms. The molecule has 0 fully saturated rings. The van der Waals surface area contributed by atoms with Gasteiger partial charge in [0.25, 0.3) is 0 Å². The minimum absolute atomic E-state index is 0.237. The van der Waals surface area contributed by atoms with Gasteiger partial charge in [-0.1, -0.05) is 25.2 Å². The van der Waals surface area contributed by atoms with Crippen LogP contribution in [0.2, 0.25) is 0 Å². The van der Waals surface area contributed by atoms with Gasteiger partial charge in [0.15, 0.2) is 5.06 Å². The lowest BCUT2D eigenvalue weighted by atomic mass is 10.2. The second kappa shape index (κ2) is 4.76. The fourth-order valence-electron chi connectivity index (χ4n) is 1.20. The fraction of sp³-hybridized carbons (Fsp3) is 0.273. The van der Waals surface area contributed by atoms with Crippen LogP contribution in [0.25, 0.3) is 10.2 Å². The Morgan fingerprint density at radius 3 is 2.73 bits per heavy atom. The van der Waals surface area contributed by atoms with Crippen molar-refractivity contribution in [3.05, 3.63) is 23.4 Å². The van der Waals surface area contributed by atoms with Crippen molar-refractivity contribution in [1.82, 2.24) is 4.98 Å². The monoisotopic (exact) mass is 220 g/mol. The number of hydrogen-bond acceptors (Lipinski definition) is 4. The third kappa shape index (κ3) is 2.08.